The molecule has 1 aromatic heterocycles. The van der Waals surface area contributed by atoms with E-state index in [4.69, 9.17) is 9.47 Å². The first-order valence-electron chi connectivity index (χ1n) is 16.1. The first-order chi connectivity index (χ1) is 23.9. The topological polar surface area (TPSA) is 97.0 Å². The first-order valence-corrected chi connectivity index (χ1v) is 17.8. The number of hydrogen-bond acceptors (Lipinski definition) is 8. The van der Waals surface area contributed by atoms with E-state index in [1.165, 1.54) is 28.7 Å². The van der Waals surface area contributed by atoms with Gasteiger partial charge in [-0.05, 0) is 72.5 Å². The van der Waals surface area contributed by atoms with Crippen molar-refractivity contribution in [2.24, 2.45) is 0 Å². The van der Waals surface area contributed by atoms with Crippen molar-refractivity contribution in [2.75, 3.05) is 30.9 Å². The lowest BCUT2D eigenvalue weighted by Gasteiger charge is -2.27. The number of carbonyl (C=O) groups is 3. The molecule has 0 fully saturated rings. The molecule has 1 unspecified atom stereocenters. The normalized spacial score (nSPS) is 13.2. The van der Waals surface area contributed by atoms with Gasteiger partial charge in [-0.25, -0.2) is 4.79 Å². The second-order valence-corrected chi connectivity index (χ2v) is 13.8. The zero-order chi connectivity index (χ0) is 34.2. The van der Waals surface area contributed by atoms with E-state index in [9.17, 15) is 14.4 Å². The van der Waals surface area contributed by atoms with Crippen molar-refractivity contribution in [2.45, 2.75) is 36.6 Å². The Balaban J connectivity index is 1.23. The molecular formula is C39H37N3O5S2. The van der Waals surface area contributed by atoms with Crippen molar-refractivity contribution in [1.82, 2.24) is 4.90 Å². The fourth-order valence-corrected chi connectivity index (χ4v) is 8.11. The van der Waals surface area contributed by atoms with Gasteiger partial charge in [0.05, 0.1) is 19.3 Å². The average molecular weight is 692 g/mol. The number of anilines is 2. The van der Waals surface area contributed by atoms with Crippen LogP contribution in [0.2, 0.25) is 0 Å². The molecule has 8 nitrogen and oxygen atoms in total. The van der Waals surface area contributed by atoms with Gasteiger partial charge < -0.3 is 20.1 Å². The predicted molar refractivity (Wildman–Crippen MR) is 196 cm³/mol. The molecule has 250 valence electrons. The second kappa shape index (κ2) is 16.0. The summed E-state index contributed by atoms with van der Waals surface area (Å²) >= 11 is 2.82. The Morgan fingerprint density at radius 1 is 0.898 bits per heavy atom. The molecule has 1 aliphatic heterocycles. The standard InChI is InChI=1S/C39H37N3O5S2/c1-3-47-39(45)34-32-21-22-42(24-26-11-6-4-7-12-26)25-33(32)49-38(34)41-37(44)35(27-13-8-5-9-14-27)48-31-16-10-15-29(23-31)40-36(43)28-17-19-30(46-2)20-18-28/h4-20,23,35H,3,21-22,24-25H2,1-2H3,(H,40,43)(H,41,44). The molecule has 2 amide bonds. The van der Waals surface area contributed by atoms with E-state index in [1.54, 1.807) is 38.3 Å². The van der Waals surface area contributed by atoms with E-state index in [0.29, 0.717) is 40.5 Å². The number of methoxy groups -OCH3 is 1. The van der Waals surface area contributed by atoms with Crippen LogP contribution in [0.3, 0.4) is 0 Å². The summed E-state index contributed by atoms with van der Waals surface area (Å²) in [5.41, 5.74) is 4.55. The summed E-state index contributed by atoms with van der Waals surface area (Å²) in [6.45, 7) is 4.31. The van der Waals surface area contributed by atoms with Crippen LogP contribution in [0, 0.1) is 0 Å². The van der Waals surface area contributed by atoms with Crippen molar-refractivity contribution >= 4 is 51.6 Å². The maximum absolute atomic E-state index is 14.2. The SMILES string of the molecule is CCOC(=O)c1c(NC(=O)C(Sc2cccc(NC(=O)c3ccc(OC)cc3)c2)c2ccccc2)sc2c1CCN(Cc1ccccc1)C2. The molecule has 4 aromatic carbocycles. The van der Waals surface area contributed by atoms with Crippen LogP contribution in [0.15, 0.2) is 114 Å². The van der Waals surface area contributed by atoms with Crippen LogP contribution in [0.25, 0.3) is 0 Å². The largest absolute Gasteiger partial charge is 0.497 e. The van der Waals surface area contributed by atoms with Gasteiger partial charge in [-0.1, -0.05) is 66.7 Å². The lowest BCUT2D eigenvalue weighted by molar-refractivity contribution is -0.115. The molecule has 0 bridgehead atoms. The number of thioether (sulfide) groups is 1. The number of nitrogens with zero attached hydrogens (tertiary/aromatic N) is 1. The van der Waals surface area contributed by atoms with Crippen molar-refractivity contribution < 1.29 is 23.9 Å². The summed E-state index contributed by atoms with van der Waals surface area (Å²) in [6, 6.07) is 34.2. The highest BCUT2D eigenvalue weighted by molar-refractivity contribution is 8.00. The van der Waals surface area contributed by atoms with Crippen LogP contribution in [0.4, 0.5) is 10.7 Å². The molecular weight excluding hydrogens is 655 g/mol. The minimum atomic E-state index is -0.641. The number of thiophene rings is 1. The van der Waals surface area contributed by atoms with Crippen LogP contribution in [-0.4, -0.2) is 42.9 Å². The maximum atomic E-state index is 14.2. The van der Waals surface area contributed by atoms with Crippen molar-refractivity contribution in [1.29, 1.82) is 0 Å². The molecule has 1 aliphatic rings. The van der Waals surface area contributed by atoms with Crippen LogP contribution >= 0.6 is 23.1 Å². The molecule has 10 heteroatoms. The van der Waals surface area contributed by atoms with Gasteiger partial charge in [0, 0.05) is 40.7 Å². The van der Waals surface area contributed by atoms with Crippen molar-refractivity contribution in [3.8, 4) is 5.75 Å². The second-order valence-electron chi connectivity index (χ2n) is 11.5. The summed E-state index contributed by atoms with van der Waals surface area (Å²) < 4.78 is 10.7. The molecule has 0 radical (unpaired) electrons. The quantitative estimate of drug-likeness (QED) is 0.101. The van der Waals surface area contributed by atoms with E-state index >= 15 is 0 Å². The lowest BCUT2D eigenvalue weighted by atomic mass is 10.0. The van der Waals surface area contributed by atoms with Crippen molar-refractivity contribution in [3.05, 3.63) is 142 Å². The van der Waals surface area contributed by atoms with Crippen LogP contribution in [0.5, 0.6) is 5.75 Å². The predicted octanol–water partition coefficient (Wildman–Crippen LogP) is 8.22. The third kappa shape index (κ3) is 8.40. The molecule has 6 rings (SSSR count). The molecule has 0 saturated carbocycles. The highest BCUT2D eigenvalue weighted by atomic mass is 32.2. The van der Waals surface area contributed by atoms with E-state index in [1.807, 2.05) is 72.8 Å². The minimum Gasteiger partial charge on any atom is -0.497 e. The summed E-state index contributed by atoms with van der Waals surface area (Å²) in [6.07, 6.45) is 0.689. The third-order valence-electron chi connectivity index (χ3n) is 8.14. The Labute approximate surface area is 294 Å². The Morgan fingerprint density at radius 3 is 2.35 bits per heavy atom. The van der Waals surface area contributed by atoms with Crippen LogP contribution in [0.1, 0.15) is 54.5 Å². The van der Waals surface area contributed by atoms with Gasteiger partial charge in [0.25, 0.3) is 5.91 Å². The average Bonchev–Trinajstić information content (AvgIpc) is 3.48. The number of carbonyl (C=O) groups excluding carboxylic acids is 3. The zero-order valence-electron chi connectivity index (χ0n) is 27.3. The highest BCUT2D eigenvalue weighted by Gasteiger charge is 2.31. The number of esters is 1. The monoisotopic (exact) mass is 691 g/mol. The minimum absolute atomic E-state index is 0.241. The molecule has 2 heterocycles. The van der Waals surface area contributed by atoms with Gasteiger partial charge in [-0.3, -0.25) is 14.5 Å². The van der Waals surface area contributed by atoms with Gasteiger partial charge >= 0.3 is 5.97 Å². The molecule has 2 N–H and O–H groups in total. The lowest BCUT2D eigenvalue weighted by Crippen LogP contribution is -2.30. The van der Waals surface area contributed by atoms with Crippen molar-refractivity contribution in [3.63, 3.8) is 0 Å². The summed E-state index contributed by atoms with van der Waals surface area (Å²) in [4.78, 5) is 44.7. The fourth-order valence-electron chi connectivity index (χ4n) is 5.75. The molecule has 5 aromatic rings. The number of fused-ring (bicyclic) bond motifs is 1. The number of nitrogens with one attached hydrogen (secondary N) is 2. The summed E-state index contributed by atoms with van der Waals surface area (Å²) in [5.74, 6) is -0.259. The fraction of sp³-hybridized carbons (Fsp3) is 0.205. The molecule has 0 aliphatic carbocycles. The molecule has 1 atom stereocenters. The van der Waals surface area contributed by atoms with Gasteiger partial charge in [0.15, 0.2) is 0 Å². The van der Waals surface area contributed by atoms with Gasteiger partial charge in [-0.15, -0.1) is 23.1 Å². The Morgan fingerprint density at radius 2 is 1.63 bits per heavy atom. The zero-order valence-corrected chi connectivity index (χ0v) is 28.9. The number of amides is 2. The first kappa shape index (κ1) is 34.0. The van der Waals surface area contributed by atoms with Gasteiger partial charge in [-0.2, -0.15) is 0 Å². The Hall–Kier alpha value is -4.90. The number of rotatable bonds is 12. The van der Waals surface area contributed by atoms with E-state index in [2.05, 4.69) is 27.7 Å². The highest BCUT2D eigenvalue weighted by Crippen LogP contribution is 2.41. The maximum Gasteiger partial charge on any atom is 0.341 e. The van der Waals surface area contributed by atoms with E-state index in [0.717, 1.165) is 34.0 Å². The Kier molecular flexibility index (Phi) is 11.1. The number of benzene rings is 4. The number of ether oxygens (including phenoxy) is 2. The van der Waals surface area contributed by atoms with Crippen LogP contribution in [-0.2, 0) is 29.0 Å². The molecule has 0 saturated heterocycles. The molecule has 0 spiro atoms. The number of hydrogen-bond donors (Lipinski definition) is 2. The smallest absolute Gasteiger partial charge is 0.341 e. The summed E-state index contributed by atoms with van der Waals surface area (Å²) in [5, 5.41) is 5.95. The molecule has 49 heavy (non-hydrogen) atoms. The van der Waals surface area contributed by atoms with Gasteiger partial charge in [0.2, 0.25) is 5.91 Å². The van der Waals surface area contributed by atoms with E-state index < -0.39 is 11.2 Å². The van der Waals surface area contributed by atoms with E-state index in [-0.39, 0.29) is 18.4 Å². The Bertz CT molecular complexity index is 1910. The third-order valence-corrected chi connectivity index (χ3v) is 10.5. The van der Waals surface area contributed by atoms with Gasteiger partial charge in [0.1, 0.15) is 16.0 Å². The summed E-state index contributed by atoms with van der Waals surface area (Å²) in [7, 11) is 1.58. The van der Waals surface area contributed by atoms with Crippen LogP contribution < -0.4 is 15.4 Å².